The first-order valence-corrected chi connectivity index (χ1v) is 9.26. The maximum absolute atomic E-state index is 12.2. The van der Waals surface area contributed by atoms with Gasteiger partial charge >= 0.3 is 0 Å². The molecule has 0 saturated carbocycles. The van der Waals surface area contributed by atoms with Crippen molar-refractivity contribution >= 4 is 38.9 Å². The van der Waals surface area contributed by atoms with Crippen molar-refractivity contribution in [2.45, 2.75) is 18.9 Å². The van der Waals surface area contributed by atoms with Crippen LogP contribution in [0.1, 0.15) is 13.3 Å². The first-order valence-electron chi connectivity index (χ1n) is 6.68. The molecule has 22 heavy (non-hydrogen) atoms. The highest BCUT2D eigenvalue weighted by Gasteiger charge is 2.43. The Kier molecular flexibility index (Phi) is 4.94. The third-order valence-electron chi connectivity index (χ3n) is 3.91. The molecule has 0 aromatic heterocycles. The van der Waals surface area contributed by atoms with Crippen LogP contribution in [0.25, 0.3) is 0 Å². The Balaban J connectivity index is 2.00. The van der Waals surface area contributed by atoms with E-state index in [9.17, 15) is 13.2 Å². The van der Waals surface area contributed by atoms with Crippen LogP contribution in [0.2, 0.25) is 10.0 Å². The molecule has 1 aromatic carbocycles. The molecule has 0 spiro atoms. The van der Waals surface area contributed by atoms with Gasteiger partial charge in [0.15, 0.2) is 16.4 Å². The molecule has 2 rings (SSSR count). The van der Waals surface area contributed by atoms with Gasteiger partial charge in [-0.1, -0.05) is 23.2 Å². The van der Waals surface area contributed by atoms with E-state index in [4.69, 9.17) is 27.9 Å². The normalized spacial score (nSPS) is 23.3. The van der Waals surface area contributed by atoms with Gasteiger partial charge in [0.2, 0.25) is 0 Å². The van der Waals surface area contributed by atoms with Gasteiger partial charge in [-0.05, 0) is 31.5 Å². The number of hydrogen-bond donors (Lipinski definition) is 0. The molecule has 0 aliphatic carbocycles. The van der Waals surface area contributed by atoms with Crippen LogP contribution in [0.3, 0.4) is 0 Å². The molecule has 1 atom stereocenters. The van der Waals surface area contributed by atoms with Crippen molar-refractivity contribution in [2.75, 3.05) is 25.2 Å². The Morgan fingerprint density at radius 2 is 2.09 bits per heavy atom. The lowest BCUT2D eigenvalue weighted by atomic mass is 10.00. The third kappa shape index (κ3) is 3.86. The van der Waals surface area contributed by atoms with E-state index in [-0.39, 0.29) is 24.0 Å². The second-order valence-corrected chi connectivity index (χ2v) is 8.68. The smallest absolute Gasteiger partial charge is 0.260 e. The zero-order valence-corrected chi connectivity index (χ0v) is 14.6. The predicted molar refractivity (Wildman–Crippen MR) is 86.4 cm³/mol. The number of benzene rings is 1. The highest BCUT2D eigenvalue weighted by molar-refractivity contribution is 7.91. The summed E-state index contributed by atoms with van der Waals surface area (Å²) < 4.78 is 28.7. The minimum atomic E-state index is -3.08. The Morgan fingerprint density at radius 1 is 1.41 bits per heavy atom. The van der Waals surface area contributed by atoms with Crippen LogP contribution in [-0.2, 0) is 14.6 Å². The lowest BCUT2D eigenvalue weighted by Crippen LogP contribution is -2.49. The average molecular weight is 366 g/mol. The Bertz CT molecular complexity index is 692. The second kappa shape index (κ2) is 6.26. The maximum atomic E-state index is 12.2. The summed E-state index contributed by atoms with van der Waals surface area (Å²) in [6.07, 6.45) is 0.430. The first kappa shape index (κ1) is 17.4. The van der Waals surface area contributed by atoms with Crippen molar-refractivity contribution in [1.82, 2.24) is 4.90 Å². The molecule has 0 radical (unpaired) electrons. The number of halogens is 2. The first-order chi connectivity index (χ1) is 10.1. The Labute approximate surface area is 140 Å². The fourth-order valence-electron chi connectivity index (χ4n) is 2.39. The van der Waals surface area contributed by atoms with Crippen molar-refractivity contribution < 1.29 is 17.9 Å². The molecule has 0 bridgehead atoms. The molecule has 0 N–H and O–H groups in total. The minimum absolute atomic E-state index is 0.0239. The van der Waals surface area contributed by atoms with Crippen LogP contribution in [0.15, 0.2) is 18.2 Å². The molecular formula is C14H17Cl2NO4S. The number of nitrogens with zero attached hydrogens (tertiary/aromatic N) is 1. The molecule has 1 saturated heterocycles. The van der Waals surface area contributed by atoms with Crippen LogP contribution in [0.4, 0.5) is 0 Å². The number of hydrogen-bond acceptors (Lipinski definition) is 4. The van der Waals surface area contributed by atoms with Crippen molar-refractivity contribution in [3.63, 3.8) is 0 Å². The number of likely N-dealkylation sites (N-methyl/N-ethyl adjacent to an activating group) is 1. The van der Waals surface area contributed by atoms with Gasteiger partial charge in [-0.3, -0.25) is 4.79 Å². The lowest BCUT2D eigenvalue weighted by Gasteiger charge is -2.34. The molecule has 1 aliphatic rings. The molecule has 1 amide bonds. The standard InChI is InChI=1S/C14H17Cl2NO4S/c1-14(5-6-22(19,20)9-14)17(2)13(18)8-21-12-4-3-10(15)7-11(12)16/h3-4,7H,5-6,8-9H2,1-2H3/t14-/m0/s1. The predicted octanol–water partition coefficient (Wildman–Crippen LogP) is 2.41. The van der Waals surface area contributed by atoms with Crippen LogP contribution < -0.4 is 4.74 Å². The van der Waals surface area contributed by atoms with Crippen molar-refractivity contribution in [3.05, 3.63) is 28.2 Å². The summed E-state index contributed by atoms with van der Waals surface area (Å²) in [6, 6.07) is 4.72. The minimum Gasteiger partial charge on any atom is -0.482 e. The van der Waals surface area contributed by atoms with Crippen LogP contribution in [0.5, 0.6) is 5.75 Å². The number of amides is 1. The van der Waals surface area contributed by atoms with Crippen LogP contribution >= 0.6 is 23.2 Å². The lowest BCUT2D eigenvalue weighted by molar-refractivity contribution is -0.136. The van der Waals surface area contributed by atoms with Gasteiger partial charge in [-0.2, -0.15) is 0 Å². The second-order valence-electron chi connectivity index (χ2n) is 5.66. The molecule has 0 unspecified atom stereocenters. The summed E-state index contributed by atoms with van der Waals surface area (Å²) in [6.45, 7) is 1.55. The van der Waals surface area contributed by atoms with Crippen LogP contribution in [0, 0.1) is 0 Å². The van der Waals surface area contributed by atoms with E-state index < -0.39 is 15.4 Å². The summed E-state index contributed by atoms with van der Waals surface area (Å²) in [4.78, 5) is 13.7. The summed E-state index contributed by atoms with van der Waals surface area (Å²) in [7, 11) is -1.49. The van der Waals surface area contributed by atoms with E-state index >= 15 is 0 Å². The number of carbonyl (C=O) groups is 1. The fraction of sp³-hybridized carbons (Fsp3) is 0.500. The fourth-order valence-corrected chi connectivity index (χ4v) is 5.03. The van der Waals surface area contributed by atoms with Crippen molar-refractivity contribution in [2.24, 2.45) is 0 Å². The highest BCUT2D eigenvalue weighted by Crippen LogP contribution is 2.30. The van der Waals surface area contributed by atoms with E-state index in [1.807, 2.05) is 0 Å². The molecule has 1 aromatic rings. The zero-order valence-electron chi connectivity index (χ0n) is 12.3. The number of ether oxygens (including phenoxy) is 1. The largest absolute Gasteiger partial charge is 0.482 e. The number of sulfone groups is 1. The van der Waals surface area contributed by atoms with E-state index in [0.29, 0.717) is 22.2 Å². The SMILES string of the molecule is CN(C(=O)COc1ccc(Cl)cc1Cl)[C@@]1(C)CCS(=O)(=O)C1. The van der Waals surface area contributed by atoms with Gasteiger partial charge in [-0.25, -0.2) is 8.42 Å². The van der Waals surface area contributed by atoms with E-state index in [2.05, 4.69) is 0 Å². The number of rotatable bonds is 4. The van der Waals surface area contributed by atoms with Crippen molar-refractivity contribution in [1.29, 1.82) is 0 Å². The Morgan fingerprint density at radius 3 is 2.64 bits per heavy atom. The van der Waals surface area contributed by atoms with E-state index in [1.54, 1.807) is 26.1 Å². The van der Waals surface area contributed by atoms with E-state index in [0.717, 1.165) is 0 Å². The van der Waals surface area contributed by atoms with Gasteiger partial charge in [0, 0.05) is 12.1 Å². The van der Waals surface area contributed by atoms with Gasteiger partial charge in [0.05, 0.1) is 22.1 Å². The van der Waals surface area contributed by atoms with Gasteiger partial charge < -0.3 is 9.64 Å². The van der Waals surface area contributed by atoms with Gasteiger partial charge in [-0.15, -0.1) is 0 Å². The third-order valence-corrected chi connectivity index (χ3v) is 6.33. The molecule has 1 heterocycles. The summed E-state index contributed by atoms with van der Waals surface area (Å²) in [5.74, 6) is 0.136. The summed E-state index contributed by atoms with van der Waals surface area (Å²) in [5, 5.41) is 0.794. The molecule has 1 fully saturated rings. The topological polar surface area (TPSA) is 63.7 Å². The molecule has 1 aliphatic heterocycles. The molecular weight excluding hydrogens is 349 g/mol. The summed E-state index contributed by atoms with van der Waals surface area (Å²) >= 11 is 11.8. The van der Waals surface area contributed by atoms with E-state index in [1.165, 1.54) is 11.0 Å². The quantitative estimate of drug-likeness (QED) is 0.821. The average Bonchev–Trinajstić information content (AvgIpc) is 2.71. The van der Waals surface area contributed by atoms with Gasteiger partial charge in [0.25, 0.3) is 5.91 Å². The molecule has 5 nitrogen and oxygen atoms in total. The van der Waals surface area contributed by atoms with Crippen LogP contribution in [-0.4, -0.2) is 49.9 Å². The number of carbonyl (C=O) groups excluding carboxylic acids is 1. The van der Waals surface area contributed by atoms with Crippen molar-refractivity contribution in [3.8, 4) is 5.75 Å². The molecule has 122 valence electrons. The Hall–Kier alpha value is -0.980. The summed E-state index contributed by atoms with van der Waals surface area (Å²) in [5.41, 5.74) is -0.691. The molecule has 8 heteroatoms. The monoisotopic (exact) mass is 365 g/mol. The zero-order chi connectivity index (χ0) is 16.5. The maximum Gasteiger partial charge on any atom is 0.260 e. The highest BCUT2D eigenvalue weighted by atomic mass is 35.5. The van der Waals surface area contributed by atoms with Gasteiger partial charge in [0.1, 0.15) is 5.75 Å².